The molecule has 80 valence electrons. The highest BCUT2D eigenvalue weighted by atomic mass is 14.3. The molecule has 3 atom stereocenters. The monoisotopic (exact) mass is 184 g/mol. The Morgan fingerprint density at radius 1 is 1.00 bits per heavy atom. The van der Waals surface area contributed by atoms with Gasteiger partial charge in [0.25, 0.3) is 0 Å². The van der Waals surface area contributed by atoms with Crippen LogP contribution in [0.15, 0.2) is 0 Å². The van der Waals surface area contributed by atoms with Gasteiger partial charge in [-0.2, -0.15) is 0 Å². The van der Waals surface area contributed by atoms with Gasteiger partial charge < -0.3 is 0 Å². The van der Waals surface area contributed by atoms with Crippen molar-refractivity contribution in [2.45, 2.75) is 66.7 Å². The van der Waals surface area contributed by atoms with E-state index in [1.165, 1.54) is 32.1 Å². The van der Waals surface area contributed by atoms with Gasteiger partial charge in [-0.25, -0.2) is 0 Å². The Hall–Kier alpha value is 0. The number of hydrogen-bond acceptors (Lipinski definition) is 0. The van der Waals surface area contributed by atoms with Gasteiger partial charge in [0.1, 0.15) is 0 Å². The van der Waals surface area contributed by atoms with E-state index in [0.717, 1.165) is 17.8 Å². The smallest absolute Gasteiger partial charge is 0.0412 e. The zero-order valence-corrected chi connectivity index (χ0v) is 10.3. The first-order valence-corrected chi connectivity index (χ1v) is 6.24. The lowest BCUT2D eigenvalue weighted by Crippen LogP contribution is -2.20. The highest BCUT2D eigenvalue weighted by Gasteiger charge is 2.23. The van der Waals surface area contributed by atoms with Gasteiger partial charge in [0.05, 0.1) is 0 Å². The van der Waals surface area contributed by atoms with Gasteiger partial charge in [0.2, 0.25) is 0 Å². The summed E-state index contributed by atoms with van der Waals surface area (Å²) in [5, 5.41) is 0. The van der Waals surface area contributed by atoms with Crippen molar-refractivity contribution in [2.24, 2.45) is 17.8 Å². The summed E-state index contributed by atoms with van der Waals surface area (Å²) < 4.78 is 0. The first kappa shape index (κ1) is 13.0. The minimum absolute atomic E-state index is 0.986. The molecule has 1 fully saturated rings. The van der Waals surface area contributed by atoms with Crippen LogP contribution < -0.4 is 0 Å². The molecule has 0 amide bonds. The summed E-state index contributed by atoms with van der Waals surface area (Å²) in [5.74, 6) is 3.04. The summed E-state index contributed by atoms with van der Waals surface area (Å²) >= 11 is 0. The molecule has 0 nitrogen and oxygen atoms in total. The number of rotatable bonds is 2. The average Bonchev–Trinajstić information content (AvgIpc) is 2.15. The van der Waals surface area contributed by atoms with Crippen LogP contribution in [0.5, 0.6) is 0 Å². The van der Waals surface area contributed by atoms with Crippen LogP contribution >= 0.6 is 0 Å². The van der Waals surface area contributed by atoms with E-state index in [4.69, 9.17) is 0 Å². The topological polar surface area (TPSA) is 0 Å². The van der Waals surface area contributed by atoms with Crippen molar-refractivity contribution in [1.29, 1.82) is 0 Å². The molecule has 13 heavy (non-hydrogen) atoms. The van der Waals surface area contributed by atoms with Gasteiger partial charge in [-0.1, -0.05) is 60.3 Å². The zero-order valence-electron chi connectivity index (χ0n) is 10.3. The van der Waals surface area contributed by atoms with Gasteiger partial charge in [-0.3, -0.25) is 0 Å². The van der Waals surface area contributed by atoms with E-state index in [1.54, 1.807) is 0 Å². The van der Waals surface area contributed by atoms with Crippen molar-refractivity contribution in [3.63, 3.8) is 0 Å². The fourth-order valence-corrected chi connectivity index (χ4v) is 2.33. The van der Waals surface area contributed by atoms with Crippen molar-refractivity contribution in [2.75, 3.05) is 0 Å². The quantitative estimate of drug-likeness (QED) is 0.573. The first-order valence-electron chi connectivity index (χ1n) is 6.24. The van der Waals surface area contributed by atoms with Crippen LogP contribution in [0.1, 0.15) is 66.7 Å². The van der Waals surface area contributed by atoms with Crippen LogP contribution in [-0.2, 0) is 0 Å². The second-order valence-electron chi connectivity index (χ2n) is 4.42. The fourth-order valence-electron chi connectivity index (χ4n) is 2.33. The van der Waals surface area contributed by atoms with Gasteiger partial charge >= 0.3 is 0 Å². The molecule has 0 N–H and O–H groups in total. The predicted octanol–water partition coefficient (Wildman–Crippen LogP) is 4.89. The lowest BCUT2D eigenvalue weighted by Gasteiger charge is -2.31. The molecule has 0 aromatic carbocycles. The Labute approximate surface area is 85.1 Å². The summed E-state index contributed by atoms with van der Waals surface area (Å²) in [7, 11) is 0. The Kier molecular flexibility index (Phi) is 7.41. The molecule has 1 aliphatic carbocycles. The van der Waals surface area contributed by atoms with E-state index < -0.39 is 0 Å². The maximum atomic E-state index is 2.42. The molecule has 0 aromatic rings. The van der Waals surface area contributed by atoms with E-state index in [9.17, 15) is 0 Å². The van der Waals surface area contributed by atoms with Gasteiger partial charge in [0, 0.05) is 0 Å². The molecular weight excluding hydrogens is 156 g/mol. The normalized spacial score (nSPS) is 33.5. The summed E-state index contributed by atoms with van der Waals surface area (Å²) in [6, 6.07) is 0. The van der Waals surface area contributed by atoms with Crippen LogP contribution in [0.4, 0.5) is 0 Å². The van der Waals surface area contributed by atoms with Gasteiger partial charge in [-0.05, 0) is 24.2 Å². The van der Waals surface area contributed by atoms with Crippen molar-refractivity contribution >= 4 is 0 Å². The molecule has 0 aliphatic heterocycles. The standard InChI is InChI=1S/C11H22.C2H6/c1-4-5-11-7-6-9(2)10(3)8-11;1-2/h9-11H,4-8H2,1-3H3;1-2H3. The van der Waals surface area contributed by atoms with Crippen LogP contribution in [0, 0.1) is 17.8 Å². The molecule has 1 rings (SSSR count). The van der Waals surface area contributed by atoms with Gasteiger partial charge in [0.15, 0.2) is 0 Å². The Balaban J connectivity index is 0.000000671. The maximum absolute atomic E-state index is 2.42. The molecule has 0 heterocycles. The molecule has 0 radical (unpaired) electrons. The lowest BCUT2D eigenvalue weighted by molar-refractivity contribution is 0.199. The molecule has 0 heteroatoms. The minimum Gasteiger partial charge on any atom is -0.0683 e. The molecule has 0 aromatic heterocycles. The second-order valence-corrected chi connectivity index (χ2v) is 4.42. The molecule has 1 saturated carbocycles. The van der Waals surface area contributed by atoms with E-state index in [0.29, 0.717) is 0 Å². The largest absolute Gasteiger partial charge is 0.0683 e. The number of hydrogen-bond donors (Lipinski definition) is 0. The predicted molar refractivity (Wildman–Crippen MR) is 61.9 cm³/mol. The maximum Gasteiger partial charge on any atom is -0.0412 e. The van der Waals surface area contributed by atoms with Crippen LogP contribution in [0.25, 0.3) is 0 Å². The second kappa shape index (κ2) is 7.41. The average molecular weight is 184 g/mol. The van der Waals surface area contributed by atoms with Crippen molar-refractivity contribution in [3.05, 3.63) is 0 Å². The van der Waals surface area contributed by atoms with E-state index in [-0.39, 0.29) is 0 Å². The third-order valence-electron chi connectivity index (χ3n) is 3.40. The SMILES string of the molecule is CC.CCCC1CCC(C)C(C)C1. The summed E-state index contributed by atoms with van der Waals surface area (Å²) in [5.41, 5.74) is 0. The van der Waals surface area contributed by atoms with E-state index in [1.807, 2.05) is 13.8 Å². The fraction of sp³-hybridized carbons (Fsp3) is 1.00. The summed E-state index contributed by atoms with van der Waals surface area (Å²) in [6.45, 7) is 11.1. The van der Waals surface area contributed by atoms with E-state index in [2.05, 4.69) is 20.8 Å². The van der Waals surface area contributed by atoms with Gasteiger partial charge in [-0.15, -0.1) is 0 Å². The molecule has 1 aliphatic rings. The van der Waals surface area contributed by atoms with Crippen LogP contribution in [0.2, 0.25) is 0 Å². The third kappa shape index (κ3) is 4.69. The van der Waals surface area contributed by atoms with E-state index >= 15 is 0 Å². The Bertz CT molecular complexity index is 107. The Morgan fingerprint density at radius 2 is 1.62 bits per heavy atom. The first-order chi connectivity index (χ1) is 6.24. The van der Waals surface area contributed by atoms with Crippen molar-refractivity contribution in [1.82, 2.24) is 0 Å². The van der Waals surface area contributed by atoms with Crippen molar-refractivity contribution < 1.29 is 0 Å². The third-order valence-corrected chi connectivity index (χ3v) is 3.40. The highest BCUT2D eigenvalue weighted by molar-refractivity contribution is 4.74. The van der Waals surface area contributed by atoms with Crippen molar-refractivity contribution in [3.8, 4) is 0 Å². The highest BCUT2D eigenvalue weighted by Crippen LogP contribution is 2.35. The Morgan fingerprint density at radius 3 is 2.08 bits per heavy atom. The summed E-state index contributed by atoms with van der Waals surface area (Å²) in [4.78, 5) is 0. The molecule has 0 bridgehead atoms. The molecule has 0 saturated heterocycles. The zero-order chi connectivity index (χ0) is 10.3. The molecular formula is C13H28. The van der Waals surface area contributed by atoms with Crippen LogP contribution in [0.3, 0.4) is 0 Å². The summed E-state index contributed by atoms with van der Waals surface area (Å²) in [6.07, 6.45) is 7.32. The minimum atomic E-state index is 0.986. The molecule has 3 unspecified atom stereocenters. The lowest BCUT2D eigenvalue weighted by atomic mass is 9.74. The molecule has 0 spiro atoms. The van der Waals surface area contributed by atoms with Crippen LogP contribution in [-0.4, -0.2) is 0 Å².